The molecule has 3 aromatic carbocycles. The average molecular weight is 1130 g/mol. The zero-order valence-electron chi connectivity index (χ0n) is 48.4. The molecule has 7 heterocycles. The number of aliphatic imine (C=N–C) groups is 1. The minimum Gasteiger partial charge on any atom is -0.508 e. The first-order chi connectivity index (χ1) is 39.5. The van der Waals surface area contributed by atoms with E-state index in [-0.39, 0.29) is 66.3 Å². The van der Waals surface area contributed by atoms with Crippen molar-refractivity contribution in [3.05, 3.63) is 88.7 Å². The molecule has 10 rings (SSSR count). The molecule has 2 unspecified atom stereocenters. The summed E-state index contributed by atoms with van der Waals surface area (Å²) in [7, 11) is 0. The Bertz CT molecular complexity index is 3180. The number of aryl methyl sites for hydroxylation is 1. The molecule has 4 fully saturated rings. The topological polar surface area (TPSA) is 198 Å². The van der Waals surface area contributed by atoms with Crippen LogP contribution in [-0.2, 0) is 27.3 Å². The number of allylic oxidation sites excluding steroid dienone is 2. The van der Waals surface area contributed by atoms with Gasteiger partial charge in [-0.15, -0.1) is 0 Å². The van der Waals surface area contributed by atoms with Gasteiger partial charge in [-0.1, -0.05) is 96.6 Å². The van der Waals surface area contributed by atoms with Crippen LogP contribution in [0.4, 0.5) is 14.6 Å². The quantitative estimate of drug-likeness (QED) is 0.0412. The summed E-state index contributed by atoms with van der Waals surface area (Å²) in [6.45, 7) is 14.1. The number of aliphatic hydroxyl groups is 1. The van der Waals surface area contributed by atoms with E-state index in [1.165, 1.54) is 22.6 Å². The summed E-state index contributed by atoms with van der Waals surface area (Å²) in [6, 6.07) is 13.0. The Labute approximate surface area is 480 Å². The van der Waals surface area contributed by atoms with Crippen molar-refractivity contribution in [3.8, 4) is 23.0 Å². The molecule has 4 saturated heterocycles. The lowest BCUT2D eigenvalue weighted by atomic mass is 9.85. The lowest BCUT2D eigenvalue weighted by molar-refractivity contribution is -0.144. The first kappa shape index (κ1) is 58.6. The Morgan fingerprint density at radius 2 is 1.60 bits per heavy atom. The summed E-state index contributed by atoms with van der Waals surface area (Å²) in [5.41, 5.74) is 4.39. The predicted octanol–water partition coefficient (Wildman–Crippen LogP) is 9.70. The molecule has 0 spiro atoms. The van der Waals surface area contributed by atoms with E-state index >= 15 is 8.78 Å². The summed E-state index contributed by atoms with van der Waals surface area (Å²) >= 11 is 0. The number of phenolic OH excluding ortho intramolecular Hbond substituents is 1. The summed E-state index contributed by atoms with van der Waals surface area (Å²) in [5, 5.41) is 32.6. The number of carbonyl (C=O) groups excluding carboxylic acids is 3. The number of β-amino-alcohol motifs (C(OH)–C–C–N with tert-alkyl or cyclic N) is 1. The fourth-order valence-corrected chi connectivity index (χ4v) is 12.9. The van der Waals surface area contributed by atoms with E-state index in [0.717, 1.165) is 133 Å². The van der Waals surface area contributed by atoms with Gasteiger partial charge in [-0.25, -0.2) is 8.78 Å². The van der Waals surface area contributed by atoms with Crippen molar-refractivity contribution in [1.82, 2.24) is 40.7 Å². The number of likely N-dealkylation sites (tertiary alicyclic amines) is 2. The monoisotopic (exact) mass is 1120 g/mol. The van der Waals surface area contributed by atoms with Gasteiger partial charge in [-0.2, -0.15) is 9.97 Å². The number of piperidine rings is 1. The van der Waals surface area contributed by atoms with Crippen LogP contribution >= 0.6 is 0 Å². The Kier molecular flexibility index (Phi) is 18.5. The van der Waals surface area contributed by atoms with Crippen molar-refractivity contribution in [2.24, 2.45) is 10.4 Å². The van der Waals surface area contributed by atoms with Gasteiger partial charge in [0.25, 0.3) is 0 Å². The summed E-state index contributed by atoms with van der Waals surface area (Å²) < 4.78 is 38.9. The van der Waals surface area contributed by atoms with Gasteiger partial charge in [0.1, 0.15) is 46.8 Å². The standard InChI is InChI=1S/C64H82F2N10O6/c1-6-48-52(65)23-20-42-31-45(77)32-50(55(42)48)57-56(66)58-51(35-68-57)60(75-36-43-21-22-44(37-75)70-43)73-63(72-58)82-47-25-29-74(30-26-47)28-14-12-10-8-7-9-11-13-15-54(79)71-59(64(3,4)5)62(81)76-38-46(78)33-53(76)61(80)69-34-40-16-18-41(19-17-40)49-24-27-67-39(49)2/h16-20,23,27,31-32,35,43-44,46-47,53,59,70,77-78H,6-15,21-22,24-26,28-30,33-34,36-38H2,1-5H3,(H,69,80)(H,71,79)/t43?,44?,46-,53+,59-/m1/s1. The van der Waals surface area contributed by atoms with Crippen LogP contribution in [0.3, 0.4) is 0 Å². The van der Waals surface area contributed by atoms with Crippen LogP contribution < -0.4 is 25.6 Å². The van der Waals surface area contributed by atoms with E-state index in [2.05, 4.69) is 35.7 Å². The number of hydrogen-bond acceptors (Lipinski definition) is 13. The number of nitrogens with zero attached hydrogens (tertiary/aromatic N) is 7. The number of aliphatic hydroxyl groups excluding tert-OH is 1. The number of aromatic hydroxyl groups is 1. The van der Waals surface area contributed by atoms with Gasteiger partial charge in [0.2, 0.25) is 17.7 Å². The maximum atomic E-state index is 17.1. The highest BCUT2D eigenvalue weighted by Gasteiger charge is 2.44. The van der Waals surface area contributed by atoms with Gasteiger partial charge in [0.05, 0.1) is 11.5 Å². The lowest BCUT2D eigenvalue weighted by Crippen LogP contribution is -2.57. The molecule has 5 N–H and O–H groups in total. The van der Waals surface area contributed by atoms with Crippen LogP contribution in [0.1, 0.15) is 148 Å². The molecule has 3 amide bonds. The van der Waals surface area contributed by atoms with Crippen LogP contribution in [0.25, 0.3) is 38.5 Å². The minimum absolute atomic E-state index is 0.0178. The normalized spacial score (nSPS) is 20.8. The van der Waals surface area contributed by atoms with Crippen LogP contribution in [0.15, 0.2) is 65.4 Å². The number of nitrogens with one attached hydrogen (secondary N) is 3. The van der Waals surface area contributed by atoms with Crippen molar-refractivity contribution in [2.45, 2.75) is 180 Å². The van der Waals surface area contributed by atoms with Crippen LogP contribution in [0, 0.1) is 17.0 Å². The second-order valence-electron chi connectivity index (χ2n) is 24.5. The zero-order valence-corrected chi connectivity index (χ0v) is 48.4. The third kappa shape index (κ3) is 13.6. The number of unbranched alkanes of at least 4 members (excludes halogenated alkanes) is 7. The van der Waals surface area contributed by atoms with Crippen molar-refractivity contribution >= 4 is 57.0 Å². The van der Waals surface area contributed by atoms with Gasteiger partial charge in [-0.3, -0.25) is 24.4 Å². The second kappa shape index (κ2) is 25.9. The van der Waals surface area contributed by atoms with Gasteiger partial charge < -0.3 is 45.6 Å². The smallest absolute Gasteiger partial charge is 0.319 e. The number of phenols is 1. The number of piperazine rings is 1. The highest BCUT2D eigenvalue weighted by molar-refractivity contribution is 6.02. The fourth-order valence-electron chi connectivity index (χ4n) is 12.9. The number of ether oxygens (including phenoxy) is 1. The van der Waals surface area contributed by atoms with E-state index in [9.17, 15) is 24.6 Å². The number of rotatable bonds is 22. The Hall–Kier alpha value is -6.63. The van der Waals surface area contributed by atoms with E-state index in [1.54, 1.807) is 18.3 Å². The van der Waals surface area contributed by atoms with Gasteiger partial charge in [0, 0.05) is 94.3 Å². The molecule has 0 saturated carbocycles. The van der Waals surface area contributed by atoms with E-state index < -0.39 is 35.2 Å². The molecule has 5 aromatic rings. The molecule has 438 valence electrons. The number of hydrogen-bond donors (Lipinski definition) is 5. The maximum absolute atomic E-state index is 17.1. The number of halogens is 2. The number of fused-ring (bicyclic) bond motifs is 4. The summed E-state index contributed by atoms with van der Waals surface area (Å²) in [4.78, 5) is 65.7. The Balaban J connectivity index is 0.646. The van der Waals surface area contributed by atoms with E-state index in [4.69, 9.17) is 14.7 Å². The summed E-state index contributed by atoms with van der Waals surface area (Å²) in [6.07, 6.45) is 16.1. The molecule has 5 aliphatic rings. The number of pyridine rings is 1. The second-order valence-corrected chi connectivity index (χ2v) is 24.5. The molecule has 16 nitrogen and oxygen atoms in total. The van der Waals surface area contributed by atoms with Gasteiger partial charge >= 0.3 is 6.01 Å². The molecule has 5 aliphatic heterocycles. The van der Waals surface area contributed by atoms with Crippen molar-refractivity contribution in [1.29, 1.82) is 0 Å². The largest absolute Gasteiger partial charge is 0.508 e. The van der Waals surface area contributed by atoms with Gasteiger partial charge in [-0.05, 0) is 115 Å². The number of aromatic nitrogens is 3. The highest BCUT2D eigenvalue weighted by atomic mass is 19.1. The van der Waals surface area contributed by atoms with E-state index in [0.29, 0.717) is 58.0 Å². The molecule has 0 aliphatic carbocycles. The van der Waals surface area contributed by atoms with Crippen molar-refractivity contribution < 1.29 is 38.1 Å². The highest BCUT2D eigenvalue weighted by Crippen LogP contribution is 2.40. The minimum atomic E-state index is -0.854. The third-order valence-corrected chi connectivity index (χ3v) is 17.4. The zero-order chi connectivity index (χ0) is 57.7. The third-order valence-electron chi connectivity index (χ3n) is 17.4. The molecular weight excluding hydrogens is 1040 g/mol. The fraction of sp³-hybridized carbons (Fsp3) is 0.547. The average Bonchev–Trinajstić information content (AvgIpc) is 2.05. The maximum Gasteiger partial charge on any atom is 0.319 e. The molecular formula is C64H82F2N10O6. The molecule has 82 heavy (non-hydrogen) atoms. The Morgan fingerprint density at radius 1 is 0.890 bits per heavy atom. The first-order valence-corrected chi connectivity index (χ1v) is 30.1. The molecule has 5 atom stereocenters. The van der Waals surface area contributed by atoms with Crippen LogP contribution in [0.5, 0.6) is 11.8 Å². The predicted molar refractivity (Wildman–Crippen MR) is 317 cm³/mol. The SMILES string of the molecule is CCc1c(F)ccc2cc(O)cc(-c3ncc4c(N5CC6CCC(C5)N6)nc(OC5CCN(CCCCCCCCCCC(=O)N[C@H](C(=O)N6C[C@H](O)C[C@H]6C(=O)NCc6ccc(C7=C(C)N=CC7)cc6)C(C)(C)C)CC5)nc4c3F)c12. The first-order valence-electron chi connectivity index (χ1n) is 30.1. The number of carbonyl (C=O) groups is 3. The van der Waals surface area contributed by atoms with Crippen molar-refractivity contribution in [3.63, 3.8) is 0 Å². The number of anilines is 1. The van der Waals surface area contributed by atoms with Gasteiger partial charge in [0.15, 0.2) is 5.82 Å². The van der Waals surface area contributed by atoms with Crippen LogP contribution in [-0.4, -0.2) is 135 Å². The Morgan fingerprint density at radius 3 is 2.28 bits per heavy atom. The lowest BCUT2D eigenvalue weighted by Gasteiger charge is -2.35. The van der Waals surface area contributed by atoms with Crippen molar-refractivity contribution in [2.75, 3.05) is 44.2 Å². The number of amides is 3. The molecule has 2 aromatic heterocycles. The van der Waals surface area contributed by atoms with Crippen LogP contribution in [0.2, 0.25) is 0 Å². The molecule has 0 radical (unpaired) electrons. The molecule has 2 bridgehead atoms. The summed E-state index contributed by atoms with van der Waals surface area (Å²) in [5.74, 6) is -1.42. The van der Waals surface area contributed by atoms with E-state index in [1.807, 2.05) is 65.1 Å². The number of benzene rings is 3. The molecule has 18 heteroatoms.